The summed E-state index contributed by atoms with van der Waals surface area (Å²) in [5, 5.41) is 3.07. The minimum Gasteiger partial charge on any atom is -0.313 e. The van der Waals surface area contributed by atoms with Crippen molar-refractivity contribution < 1.29 is 13.2 Å². The van der Waals surface area contributed by atoms with E-state index in [9.17, 15) is 13.2 Å². The largest absolute Gasteiger partial charge is 0.441 e. The molecule has 1 saturated heterocycles. The Labute approximate surface area is 74.1 Å². The van der Waals surface area contributed by atoms with Gasteiger partial charge in [-0.2, -0.15) is 13.2 Å². The van der Waals surface area contributed by atoms with Gasteiger partial charge in [0.05, 0.1) is 0 Å². The Morgan fingerprint density at radius 2 is 2.08 bits per heavy atom. The van der Waals surface area contributed by atoms with Crippen LogP contribution in [0, 0.1) is 0 Å². The molecular formula is C7H12F3NS. The van der Waals surface area contributed by atoms with Crippen LogP contribution in [0.2, 0.25) is 0 Å². The van der Waals surface area contributed by atoms with Gasteiger partial charge < -0.3 is 5.32 Å². The Balaban J connectivity index is 2.13. The fraction of sp³-hybridized carbons (Fsp3) is 1.00. The molecule has 1 heterocycles. The number of hydrogen-bond acceptors (Lipinski definition) is 2. The number of alkyl halides is 3. The van der Waals surface area contributed by atoms with Crippen molar-refractivity contribution in [3.8, 4) is 0 Å². The third-order valence-corrected chi connectivity index (χ3v) is 2.76. The van der Waals surface area contributed by atoms with Crippen LogP contribution in [-0.2, 0) is 0 Å². The van der Waals surface area contributed by atoms with E-state index >= 15 is 0 Å². The predicted molar refractivity (Wildman–Crippen MR) is 44.2 cm³/mol. The lowest BCUT2D eigenvalue weighted by atomic mass is 10.1. The molecule has 1 N–H and O–H groups in total. The Hall–Kier alpha value is 0.1000. The molecule has 0 radical (unpaired) electrons. The van der Waals surface area contributed by atoms with Gasteiger partial charge in [0, 0.05) is 11.8 Å². The van der Waals surface area contributed by atoms with E-state index in [4.69, 9.17) is 0 Å². The molecule has 1 atom stereocenters. The second-order valence-electron chi connectivity index (χ2n) is 2.90. The minimum atomic E-state index is -4.07. The van der Waals surface area contributed by atoms with Crippen molar-refractivity contribution in [2.24, 2.45) is 0 Å². The molecule has 1 rings (SSSR count). The Bertz CT molecular complexity index is 131. The van der Waals surface area contributed by atoms with Gasteiger partial charge in [-0.3, -0.25) is 0 Å². The summed E-state index contributed by atoms with van der Waals surface area (Å²) in [7, 11) is 0. The lowest BCUT2D eigenvalue weighted by Crippen LogP contribution is -2.36. The van der Waals surface area contributed by atoms with Crippen molar-refractivity contribution in [3.05, 3.63) is 0 Å². The van der Waals surface area contributed by atoms with Crippen LogP contribution in [0.5, 0.6) is 0 Å². The van der Waals surface area contributed by atoms with Crippen LogP contribution >= 0.6 is 11.8 Å². The number of nitrogens with one attached hydrogen (secondary N) is 1. The van der Waals surface area contributed by atoms with Crippen LogP contribution < -0.4 is 5.32 Å². The van der Waals surface area contributed by atoms with Crippen LogP contribution in [-0.4, -0.2) is 23.8 Å². The van der Waals surface area contributed by atoms with Gasteiger partial charge in [-0.1, -0.05) is 6.42 Å². The second kappa shape index (κ2) is 4.37. The van der Waals surface area contributed by atoms with E-state index in [1.54, 1.807) is 0 Å². The number of rotatable bonds is 2. The average Bonchev–Trinajstić information content (AvgIpc) is 2.02. The van der Waals surface area contributed by atoms with Crippen LogP contribution in [0.3, 0.4) is 0 Å². The fourth-order valence-electron chi connectivity index (χ4n) is 1.26. The maximum absolute atomic E-state index is 11.7. The van der Waals surface area contributed by atoms with Gasteiger partial charge in [-0.15, -0.1) is 0 Å². The monoisotopic (exact) mass is 199 g/mol. The first kappa shape index (κ1) is 10.2. The molecule has 5 heteroatoms. The molecule has 0 aromatic rings. The minimum absolute atomic E-state index is 0.0605. The van der Waals surface area contributed by atoms with Crippen molar-refractivity contribution >= 4 is 11.8 Å². The predicted octanol–water partition coefficient (Wildman–Crippen LogP) is 2.38. The molecule has 0 aromatic heterocycles. The summed E-state index contributed by atoms with van der Waals surface area (Å²) in [6, 6.07) is 0.0605. The molecule has 1 aliphatic rings. The third kappa shape index (κ3) is 4.21. The van der Waals surface area contributed by atoms with E-state index in [0.717, 1.165) is 25.8 Å². The lowest BCUT2D eigenvalue weighted by molar-refractivity contribution is -0.0329. The number of thioether (sulfide) groups is 1. The van der Waals surface area contributed by atoms with Crippen molar-refractivity contribution in [2.45, 2.75) is 30.8 Å². The molecule has 1 unspecified atom stereocenters. The molecule has 1 fully saturated rings. The number of hydrogen-bond donors (Lipinski definition) is 1. The maximum atomic E-state index is 11.7. The summed E-state index contributed by atoms with van der Waals surface area (Å²) in [5.41, 5.74) is -4.07. The van der Waals surface area contributed by atoms with Gasteiger partial charge >= 0.3 is 5.51 Å². The molecular weight excluding hydrogens is 187 g/mol. The smallest absolute Gasteiger partial charge is 0.313 e. The molecule has 72 valence electrons. The van der Waals surface area contributed by atoms with Crippen molar-refractivity contribution in [1.82, 2.24) is 5.32 Å². The Kier molecular flexibility index (Phi) is 3.71. The topological polar surface area (TPSA) is 12.0 Å². The van der Waals surface area contributed by atoms with Crippen LogP contribution in [0.15, 0.2) is 0 Å². The van der Waals surface area contributed by atoms with E-state index in [1.807, 2.05) is 0 Å². The highest BCUT2D eigenvalue weighted by Crippen LogP contribution is 2.31. The van der Waals surface area contributed by atoms with E-state index < -0.39 is 5.51 Å². The van der Waals surface area contributed by atoms with Crippen molar-refractivity contribution in [2.75, 3.05) is 12.3 Å². The Morgan fingerprint density at radius 3 is 2.58 bits per heavy atom. The molecule has 0 aromatic carbocycles. The zero-order valence-corrected chi connectivity index (χ0v) is 7.47. The Morgan fingerprint density at radius 1 is 1.33 bits per heavy atom. The van der Waals surface area contributed by atoms with E-state index in [0.29, 0.717) is 0 Å². The van der Waals surface area contributed by atoms with Gasteiger partial charge in [0.15, 0.2) is 0 Å². The highest BCUT2D eigenvalue weighted by molar-refractivity contribution is 8.00. The molecule has 1 aliphatic heterocycles. The number of piperidine rings is 1. The van der Waals surface area contributed by atoms with Gasteiger partial charge in [0.2, 0.25) is 0 Å². The quantitative estimate of drug-likeness (QED) is 0.732. The summed E-state index contributed by atoms with van der Waals surface area (Å²) in [6.07, 6.45) is 3.02. The molecule has 0 aliphatic carbocycles. The fourth-order valence-corrected chi connectivity index (χ4v) is 1.94. The highest BCUT2D eigenvalue weighted by atomic mass is 32.2. The summed E-state index contributed by atoms with van der Waals surface area (Å²) < 4.78 is 35.2. The first-order chi connectivity index (χ1) is 5.58. The van der Waals surface area contributed by atoms with Crippen LogP contribution in [0.4, 0.5) is 13.2 Å². The molecule has 0 spiro atoms. The highest BCUT2D eigenvalue weighted by Gasteiger charge is 2.29. The molecule has 1 nitrogen and oxygen atoms in total. The zero-order valence-electron chi connectivity index (χ0n) is 6.66. The number of halogens is 3. The molecule has 12 heavy (non-hydrogen) atoms. The van der Waals surface area contributed by atoms with Gasteiger partial charge in [-0.05, 0) is 31.1 Å². The van der Waals surface area contributed by atoms with Gasteiger partial charge in [0.25, 0.3) is 0 Å². The van der Waals surface area contributed by atoms with Crippen molar-refractivity contribution in [1.29, 1.82) is 0 Å². The van der Waals surface area contributed by atoms with E-state index in [2.05, 4.69) is 5.32 Å². The van der Waals surface area contributed by atoms with Crippen molar-refractivity contribution in [3.63, 3.8) is 0 Å². The first-order valence-corrected chi connectivity index (χ1v) is 5.00. The van der Waals surface area contributed by atoms with Crippen LogP contribution in [0.1, 0.15) is 19.3 Å². The maximum Gasteiger partial charge on any atom is 0.441 e. The zero-order chi connectivity index (χ0) is 9.03. The third-order valence-electron chi connectivity index (χ3n) is 1.86. The standard InChI is InChI=1S/C7H12F3NS/c8-7(9,10)12-5-6-3-1-2-4-11-6/h6,11H,1-5H2. The van der Waals surface area contributed by atoms with E-state index in [1.165, 1.54) is 0 Å². The normalized spacial score (nSPS) is 25.8. The lowest BCUT2D eigenvalue weighted by Gasteiger charge is -2.23. The molecule has 0 saturated carbocycles. The second-order valence-corrected chi connectivity index (χ2v) is 3.99. The summed E-state index contributed by atoms with van der Waals surface area (Å²) in [6.45, 7) is 0.864. The SMILES string of the molecule is FC(F)(F)SCC1CCCCN1. The molecule has 0 amide bonds. The average molecular weight is 199 g/mol. The first-order valence-electron chi connectivity index (χ1n) is 4.02. The van der Waals surface area contributed by atoms with Gasteiger partial charge in [0.1, 0.15) is 0 Å². The van der Waals surface area contributed by atoms with Crippen LogP contribution in [0.25, 0.3) is 0 Å². The molecule has 0 bridgehead atoms. The summed E-state index contributed by atoms with van der Waals surface area (Å²) in [5.74, 6) is 0.156. The van der Waals surface area contributed by atoms with Gasteiger partial charge in [-0.25, -0.2) is 0 Å². The summed E-state index contributed by atoms with van der Waals surface area (Å²) in [4.78, 5) is 0. The summed E-state index contributed by atoms with van der Waals surface area (Å²) >= 11 is 0.0776. The van der Waals surface area contributed by atoms with E-state index in [-0.39, 0.29) is 23.6 Å².